The molecule has 1 atom stereocenters. The van der Waals surface area contributed by atoms with Crippen LogP contribution in [0.4, 0.5) is 0 Å². The van der Waals surface area contributed by atoms with Crippen molar-refractivity contribution in [1.82, 2.24) is 9.55 Å². The van der Waals surface area contributed by atoms with Crippen molar-refractivity contribution < 1.29 is 4.74 Å². The first-order valence-electron chi connectivity index (χ1n) is 7.27. The van der Waals surface area contributed by atoms with Crippen molar-refractivity contribution in [2.24, 2.45) is 5.92 Å². The van der Waals surface area contributed by atoms with Crippen LogP contribution in [0.25, 0.3) is 10.9 Å². The van der Waals surface area contributed by atoms with Gasteiger partial charge in [-0.1, -0.05) is 11.6 Å². The van der Waals surface area contributed by atoms with Gasteiger partial charge < -0.3 is 4.74 Å². The molecule has 3 rings (SSSR count). The summed E-state index contributed by atoms with van der Waals surface area (Å²) in [5.41, 5.74) is 1.94. The number of fused-ring (bicyclic) bond motifs is 1. The van der Waals surface area contributed by atoms with Crippen LogP contribution < -0.4 is 5.56 Å². The van der Waals surface area contributed by atoms with E-state index in [2.05, 4.69) is 4.98 Å². The van der Waals surface area contributed by atoms with Crippen LogP contribution in [0.5, 0.6) is 0 Å². The maximum absolute atomic E-state index is 12.4. The SMILES string of the molecule is Cc1ccc2ncn(CCC[C@H]3CCOC3)c(=O)c2c1. The van der Waals surface area contributed by atoms with Gasteiger partial charge in [-0.05, 0) is 44.2 Å². The van der Waals surface area contributed by atoms with E-state index in [1.54, 1.807) is 10.9 Å². The lowest BCUT2D eigenvalue weighted by molar-refractivity contribution is 0.183. The Bertz CT molecular complexity index is 657. The molecule has 4 heteroatoms. The Balaban J connectivity index is 1.74. The average molecular weight is 272 g/mol. The molecule has 0 N–H and O–H groups in total. The molecular weight excluding hydrogens is 252 g/mol. The van der Waals surface area contributed by atoms with Crippen LogP contribution >= 0.6 is 0 Å². The summed E-state index contributed by atoms with van der Waals surface area (Å²) in [4.78, 5) is 16.8. The fraction of sp³-hybridized carbons (Fsp3) is 0.500. The minimum atomic E-state index is 0.0707. The van der Waals surface area contributed by atoms with Crippen molar-refractivity contribution in [2.75, 3.05) is 13.2 Å². The topological polar surface area (TPSA) is 44.1 Å². The number of benzene rings is 1. The molecule has 2 aromatic rings. The van der Waals surface area contributed by atoms with Gasteiger partial charge in [0.15, 0.2) is 0 Å². The van der Waals surface area contributed by atoms with E-state index in [0.29, 0.717) is 5.92 Å². The lowest BCUT2D eigenvalue weighted by Gasteiger charge is -2.09. The molecule has 0 radical (unpaired) electrons. The van der Waals surface area contributed by atoms with Crippen molar-refractivity contribution in [1.29, 1.82) is 0 Å². The molecule has 1 aromatic carbocycles. The van der Waals surface area contributed by atoms with Crippen LogP contribution in [0.15, 0.2) is 29.3 Å². The largest absolute Gasteiger partial charge is 0.381 e. The number of aromatic nitrogens is 2. The third kappa shape index (κ3) is 2.75. The summed E-state index contributed by atoms with van der Waals surface area (Å²) < 4.78 is 7.11. The highest BCUT2D eigenvalue weighted by Crippen LogP contribution is 2.18. The van der Waals surface area contributed by atoms with E-state index in [0.717, 1.165) is 55.5 Å². The lowest BCUT2D eigenvalue weighted by Crippen LogP contribution is -2.21. The Labute approximate surface area is 118 Å². The monoisotopic (exact) mass is 272 g/mol. The summed E-state index contributed by atoms with van der Waals surface area (Å²) >= 11 is 0. The molecule has 4 nitrogen and oxygen atoms in total. The molecule has 0 bridgehead atoms. The van der Waals surface area contributed by atoms with Gasteiger partial charge in [-0.25, -0.2) is 4.98 Å². The maximum Gasteiger partial charge on any atom is 0.261 e. The van der Waals surface area contributed by atoms with E-state index in [1.807, 2.05) is 25.1 Å². The van der Waals surface area contributed by atoms with Crippen molar-refractivity contribution in [2.45, 2.75) is 32.7 Å². The van der Waals surface area contributed by atoms with Gasteiger partial charge in [-0.2, -0.15) is 0 Å². The number of aryl methyl sites for hydroxylation is 2. The number of rotatable bonds is 4. The second-order valence-electron chi connectivity index (χ2n) is 5.64. The third-order valence-electron chi connectivity index (χ3n) is 4.01. The van der Waals surface area contributed by atoms with Gasteiger partial charge in [-0.15, -0.1) is 0 Å². The predicted octanol–water partition coefficient (Wildman–Crippen LogP) is 2.52. The van der Waals surface area contributed by atoms with E-state index in [-0.39, 0.29) is 5.56 Å². The van der Waals surface area contributed by atoms with Crippen LogP contribution in [0.1, 0.15) is 24.8 Å². The molecular formula is C16H20N2O2. The molecule has 1 aromatic heterocycles. The second kappa shape index (κ2) is 5.75. The Hall–Kier alpha value is -1.68. The molecule has 1 aliphatic heterocycles. The van der Waals surface area contributed by atoms with E-state index in [1.165, 1.54) is 0 Å². The van der Waals surface area contributed by atoms with Crippen molar-refractivity contribution >= 4 is 10.9 Å². The third-order valence-corrected chi connectivity index (χ3v) is 4.01. The Kier molecular flexibility index (Phi) is 3.83. The molecule has 1 saturated heterocycles. The second-order valence-corrected chi connectivity index (χ2v) is 5.64. The Morgan fingerprint density at radius 1 is 1.45 bits per heavy atom. The van der Waals surface area contributed by atoms with E-state index >= 15 is 0 Å². The number of hydrogen-bond donors (Lipinski definition) is 0. The fourth-order valence-electron chi connectivity index (χ4n) is 2.79. The minimum Gasteiger partial charge on any atom is -0.381 e. The van der Waals surface area contributed by atoms with Gasteiger partial charge in [0.25, 0.3) is 5.56 Å². The number of ether oxygens (including phenoxy) is 1. The van der Waals surface area contributed by atoms with Gasteiger partial charge >= 0.3 is 0 Å². The Morgan fingerprint density at radius 2 is 2.35 bits per heavy atom. The first kappa shape index (κ1) is 13.3. The Morgan fingerprint density at radius 3 is 3.15 bits per heavy atom. The molecule has 0 aliphatic carbocycles. The highest BCUT2D eigenvalue weighted by molar-refractivity contribution is 5.77. The fourth-order valence-corrected chi connectivity index (χ4v) is 2.79. The van der Waals surface area contributed by atoms with Gasteiger partial charge in [0, 0.05) is 19.8 Å². The smallest absolute Gasteiger partial charge is 0.261 e. The molecule has 2 heterocycles. The van der Waals surface area contributed by atoms with E-state index in [4.69, 9.17) is 4.74 Å². The van der Waals surface area contributed by atoms with Crippen molar-refractivity contribution in [3.8, 4) is 0 Å². The summed E-state index contributed by atoms with van der Waals surface area (Å²) in [6.07, 6.45) is 4.96. The highest BCUT2D eigenvalue weighted by atomic mass is 16.5. The van der Waals surface area contributed by atoms with Crippen LogP contribution in [0, 0.1) is 12.8 Å². The molecule has 106 valence electrons. The highest BCUT2D eigenvalue weighted by Gasteiger charge is 2.15. The van der Waals surface area contributed by atoms with Crippen molar-refractivity contribution in [3.05, 3.63) is 40.4 Å². The zero-order chi connectivity index (χ0) is 13.9. The minimum absolute atomic E-state index is 0.0707. The normalized spacial score (nSPS) is 18.8. The van der Waals surface area contributed by atoms with Crippen LogP contribution in [0.2, 0.25) is 0 Å². The molecule has 0 amide bonds. The predicted molar refractivity (Wildman–Crippen MR) is 78.9 cm³/mol. The zero-order valence-electron chi connectivity index (χ0n) is 11.8. The summed E-state index contributed by atoms with van der Waals surface area (Å²) in [6.45, 7) is 4.51. The molecule has 0 unspecified atom stereocenters. The van der Waals surface area contributed by atoms with Gasteiger partial charge in [0.05, 0.1) is 17.2 Å². The van der Waals surface area contributed by atoms with Gasteiger partial charge in [0.2, 0.25) is 0 Å². The molecule has 0 saturated carbocycles. The first-order chi connectivity index (χ1) is 9.74. The standard InChI is InChI=1S/C16H20N2O2/c1-12-4-5-15-14(9-12)16(19)18(11-17-15)7-2-3-13-6-8-20-10-13/h4-5,9,11,13H,2-3,6-8,10H2,1H3/t13-/m0/s1. The quantitative estimate of drug-likeness (QED) is 0.859. The van der Waals surface area contributed by atoms with Gasteiger partial charge in [0.1, 0.15) is 0 Å². The average Bonchev–Trinajstić information content (AvgIpc) is 2.95. The van der Waals surface area contributed by atoms with Crippen LogP contribution in [0.3, 0.4) is 0 Å². The number of nitrogens with zero attached hydrogens (tertiary/aromatic N) is 2. The van der Waals surface area contributed by atoms with Gasteiger partial charge in [-0.3, -0.25) is 9.36 Å². The van der Waals surface area contributed by atoms with E-state index < -0.39 is 0 Å². The summed E-state index contributed by atoms with van der Waals surface area (Å²) in [5.74, 6) is 0.668. The molecule has 0 spiro atoms. The van der Waals surface area contributed by atoms with Crippen LogP contribution in [-0.4, -0.2) is 22.8 Å². The zero-order valence-corrected chi connectivity index (χ0v) is 11.8. The number of hydrogen-bond acceptors (Lipinski definition) is 3. The molecule has 1 aliphatic rings. The summed E-state index contributed by atoms with van der Waals surface area (Å²) in [6, 6.07) is 5.82. The van der Waals surface area contributed by atoms with Crippen molar-refractivity contribution in [3.63, 3.8) is 0 Å². The first-order valence-corrected chi connectivity index (χ1v) is 7.27. The molecule has 20 heavy (non-hydrogen) atoms. The van der Waals surface area contributed by atoms with Crippen LogP contribution in [-0.2, 0) is 11.3 Å². The maximum atomic E-state index is 12.4. The molecule has 1 fully saturated rings. The lowest BCUT2D eigenvalue weighted by atomic mass is 10.0. The van der Waals surface area contributed by atoms with E-state index in [9.17, 15) is 4.79 Å². The summed E-state index contributed by atoms with van der Waals surface area (Å²) in [5, 5.41) is 0.719. The summed E-state index contributed by atoms with van der Waals surface area (Å²) in [7, 11) is 0.